The van der Waals surface area contributed by atoms with Crippen LogP contribution in [0.3, 0.4) is 0 Å². The van der Waals surface area contributed by atoms with Gasteiger partial charge in [0.15, 0.2) is 0 Å². The monoisotopic (exact) mass is 223 g/mol. The van der Waals surface area contributed by atoms with Crippen molar-refractivity contribution in [3.8, 4) is 6.07 Å². The van der Waals surface area contributed by atoms with Crippen LogP contribution in [0.5, 0.6) is 0 Å². The molecule has 4 heteroatoms. The molecule has 0 bridgehead atoms. The van der Waals surface area contributed by atoms with E-state index in [0.717, 1.165) is 13.0 Å². The lowest BCUT2D eigenvalue weighted by atomic mass is 10.0. The van der Waals surface area contributed by atoms with Gasteiger partial charge in [-0.1, -0.05) is 6.42 Å². The van der Waals surface area contributed by atoms with Crippen LogP contribution < -0.4 is 5.32 Å². The molecule has 0 aliphatic carbocycles. The van der Waals surface area contributed by atoms with E-state index >= 15 is 0 Å². The summed E-state index contributed by atoms with van der Waals surface area (Å²) >= 11 is 0. The SMILES string of the molecule is CC1CCCCN1CCCNC(=O)CC#N. The molecule has 1 unspecified atom stereocenters. The fraction of sp³-hybridized carbons (Fsp3) is 0.833. The summed E-state index contributed by atoms with van der Waals surface area (Å²) in [5.74, 6) is -0.158. The van der Waals surface area contributed by atoms with E-state index in [4.69, 9.17) is 5.26 Å². The zero-order valence-electron chi connectivity index (χ0n) is 10.0. The van der Waals surface area contributed by atoms with Crippen molar-refractivity contribution >= 4 is 5.91 Å². The molecule has 1 fully saturated rings. The highest BCUT2D eigenvalue weighted by atomic mass is 16.1. The van der Waals surface area contributed by atoms with E-state index < -0.39 is 0 Å². The minimum atomic E-state index is -0.158. The molecule has 4 nitrogen and oxygen atoms in total. The first-order chi connectivity index (χ1) is 7.74. The second-order valence-electron chi connectivity index (χ2n) is 4.42. The summed E-state index contributed by atoms with van der Waals surface area (Å²) < 4.78 is 0. The van der Waals surface area contributed by atoms with Gasteiger partial charge in [-0.2, -0.15) is 5.26 Å². The number of hydrogen-bond acceptors (Lipinski definition) is 3. The molecule has 1 aliphatic rings. The summed E-state index contributed by atoms with van der Waals surface area (Å²) in [6, 6.07) is 2.53. The van der Waals surface area contributed by atoms with E-state index in [1.165, 1.54) is 25.8 Å². The highest BCUT2D eigenvalue weighted by Crippen LogP contribution is 2.15. The van der Waals surface area contributed by atoms with Crippen LogP contribution in [-0.2, 0) is 4.79 Å². The van der Waals surface area contributed by atoms with Gasteiger partial charge in [0.05, 0.1) is 6.07 Å². The molecule has 0 radical (unpaired) electrons. The molecular weight excluding hydrogens is 202 g/mol. The maximum Gasteiger partial charge on any atom is 0.234 e. The summed E-state index contributed by atoms with van der Waals surface area (Å²) in [4.78, 5) is 13.5. The quantitative estimate of drug-likeness (QED) is 0.714. The molecule has 0 saturated carbocycles. The molecular formula is C12H21N3O. The maximum absolute atomic E-state index is 11.0. The fourth-order valence-electron chi connectivity index (χ4n) is 2.13. The summed E-state index contributed by atoms with van der Waals surface area (Å²) in [7, 11) is 0. The van der Waals surface area contributed by atoms with Gasteiger partial charge in [-0.3, -0.25) is 4.79 Å². The Hall–Kier alpha value is -1.08. The van der Waals surface area contributed by atoms with E-state index in [9.17, 15) is 4.79 Å². The maximum atomic E-state index is 11.0. The Balaban J connectivity index is 2.06. The van der Waals surface area contributed by atoms with Crippen LogP contribution in [0.4, 0.5) is 0 Å². The molecule has 0 aromatic carbocycles. The Morgan fingerprint density at radius 3 is 3.06 bits per heavy atom. The van der Waals surface area contributed by atoms with Gasteiger partial charge in [0.25, 0.3) is 0 Å². The minimum Gasteiger partial charge on any atom is -0.355 e. The average Bonchev–Trinajstić information content (AvgIpc) is 2.27. The molecule has 1 rings (SSSR count). The third kappa shape index (κ3) is 4.63. The number of amides is 1. The second-order valence-corrected chi connectivity index (χ2v) is 4.42. The first-order valence-electron chi connectivity index (χ1n) is 6.11. The van der Waals surface area contributed by atoms with Crippen LogP contribution in [-0.4, -0.2) is 36.5 Å². The molecule has 1 saturated heterocycles. The largest absolute Gasteiger partial charge is 0.355 e. The Labute approximate surface area is 97.6 Å². The van der Waals surface area contributed by atoms with Gasteiger partial charge in [-0.25, -0.2) is 0 Å². The number of nitrogens with one attached hydrogen (secondary N) is 1. The molecule has 0 aromatic rings. The summed E-state index contributed by atoms with van der Waals surface area (Å²) in [6.45, 7) is 5.19. The summed E-state index contributed by atoms with van der Waals surface area (Å²) in [5.41, 5.74) is 0. The predicted molar refractivity (Wildman–Crippen MR) is 62.7 cm³/mol. The van der Waals surface area contributed by atoms with Crippen molar-refractivity contribution in [3.63, 3.8) is 0 Å². The van der Waals surface area contributed by atoms with E-state index in [2.05, 4.69) is 17.1 Å². The molecule has 0 spiro atoms. The number of piperidine rings is 1. The van der Waals surface area contributed by atoms with Crippen LogP contribution in [0.25, 0.3) is 0 Å². The van der Waals surface area contributed by atoms with Crippen molar-refractivity contribution in [3.05, 3.63) is 0 Å². The highest BCUT2D eigenvalue weighted by molar-refractivity contribution is 5.77. The van der Waals surface area contributed by atoms with E-state index in [1.807, 2.05) is 6.07 Å². The van der Waals surface area contributed by atoms with Crippen LogP contribution in [0.1, 0.15) is 39.0 Å². The van der Waals surface area contributed by atoms with Crippen LogP contribution >= 0.6 is 0 Å². The van der Waals surface area contributed by atoms with Crippen LogP contribution in [0, 0.1) is 11.3 Å². The van der Waals surface area contributed by atoms with Crippen molar-refractivity contribution in [2.75, 3.05) is 19.6 Å². The molecule has 1 amide bonds. The van der Waals surface area contributed by atoms with Gasteiger partial charge in [-0.05, 0) is 32.7 Å². The van der Waals surface area contributed by atoms with Gasteiger partial charge < -0.3 is 10.2 Å². The van der Waals surface area contributed by atoms with Gasteiger partial charge >= 0.3 is 0 Å². The number of carbonyl (C=O) groups excluding carboxylic acids is 1. The Morgan fingerprint density at radius 2 is 2.38 bits per heavy atom. The van der Waals surface area contributed by atoms with Crippen LogP contribution in [0.15, 0.2) is 0 Å². The third-order valence-corrected chi connectivity index (χ3v) is 3.12. The number of rotatable bonds is 5. The normalized spacial score (nSPS) is 21.4. The van der Waals surface area contributed by atoms with Crippen molar-refractivity contribution in [2.45, 2.75) is 45.1 Å². The number of carbonyl (C=O) groups is 1. The summed E-state index contributed by atoms with van der Waals surface area (Å²) in [6.07, 6.45) is 4.88. The molecule has 16 heavy (non-hydrogen) atoms. The van der Waals surface area contributed by atoms with Crippen molar-refractivity contribution in [1.82, 2.24) is 10.2 Å². The van der Waals surface area contributed by atoms with Crippen molar-refractivity contribution < 1.29 is 4.79 Å². The van der Waals surface area contributed by atoms with E-state index in [1.54, 1.807) is 0 Å². The highest BCUT2D eigenvalue weighted by Gasteiger charge is 2.16. The molecule has 1 heterocycles. The third-order valence-electron chi connectivity index (χ3n) is 3.12. The number of hydrogen-bond donors (Lipinski definition) is 1. The topological polar surface area (TPSA) is 56.1 Å². The van der Waals surface area contributed by atoms with Gasteiger partial charge in [0.2, 0.25) is 5.91 Å². The minimum absolute atomic E-state index is 0.0277. The Bertz CT molecular complexity index is 259. The predicted octanol–water partition coefficient (Wildman–Crippen LogP) is 1.28. The standard InChI is InChI=1S/C12H21N3O/c1-11-5-2-3-9-15(11)10-4-8-14-12(16)6-7-13/h11H,2-6,8-10H2,1H3,(H,14,16). The smallest absolute Gasteiger partial charge is 0.234 e. The van der Waals surface area contributed by atoms with Crippen molar-refractivity contribution in [2.24, 2.45) is 0 Å². The Kier molecular flexibility index (Phi) is 5.87. The lowest BCUT2D eigenvalue weighted by Gasteiger charge is -2.33. The molecule has 1 N–H and O–H groups in total. The molecule has 1 atom stereocenters. The molecule has 1 aliphatic heterocycles. The Morgan fingerprint density at radius 1 is 1.56 bits per heavy atom. The number of nitriles is 1. The van der Waals surface area contributed by atoms with E-state index in [0.29, 0.717) is 12.6 Å². The molecule has 90 valence electrons. The van der Waals surface area contributed by atoms with Gasteiger partial charge in [-0.15, -0.1) is 0 Å². The number of likely N-dealkylation sites (tertiary alicyclic amines) is 1. The molecule has 0 aromatic heterocycles. The number of nitrogens with zero attached hydrogens (tertiary/aromatic N) is 2. The summed E-state index contributed by atoms with van der Waals surface area (Å²) in [5, 5.41) is 11.1. The first-order valence-corrected chi connectivity index (χ1v) is 6.11. The fourth-order valence-corrected chi connectivity index (χ4v) is 2.13. The van der Waals surface area contributed by atoms with Crippen LogP contribution in [0.2, 0.25) is 0 Å². The first kappa shape index (κ1) is 13.0. The zero-order chi connectivity index (χ0) is 11.8. The average molecular weight is 223 g/mol. The van der Waals surface area contributed by atoms with Crippen molar-refractivity contribution in [1.29, 1.82) is 5.26 Å². The zero-order valence-corrected chi connectivity index (χ0v) is 10.0. The van der Waals surface area contributed by atoms with Gasteiger partial charge in [0.1, 0.15) is 6.42 Å². The van der Waals surface area contributed by atoms with Gasteiger partial charge in [0, 0.05) is 19.1 Å². The second kappa shape index (κ2) is 7.24. The van der Waals surface area contributed by atoms with E-state index in [-0.39, 0.29) is 12.3 Å². The lowest BCUT2D eigenvalue weighted by Crippen LogP contribution is -2.39. The lowest BCUT2D eigenvalue weighted by molar-refractivity contribution is -0.120.